The second kappa shape index (κ2) is 5.58. The van der Waals surface area contributed by atoms with Crippen molar-refractivity contribution < 1.29 is 4.74 Å². The lowest BCUT2D eigenvalue weighted by Crippen LogP contribution is -2.55. The predicted molar refractivity (Wildman–Crippen MR) is 86.9 cm³/mol. The summed E-state index contributed by atoms with van der Waals surface area (Å²) in [6, 6.07) is 8.13. The van der Waals surface area contributed by atoms with Gasteiger partial charge in [0.2, 0.25) is 0 Å². The average molecular weight is 287 g/mol. The maximum Gasteiger partial charge on any atom is 0.196 e. The fraction of sp³-hybridized carbons (Fsp3) is 0.588. The van der Waals surface area contributed by atoms with E-state index in [1.165, 1.54) is 32.1 Å². The van der Waals surface area contributed by atoms with Crippen LogP contribution in [-0.2, 0) is 0 Å². The van der Waals surface area contributed by atoms with Gasteiger partial charge in [0.25, 0.3) is 0 Å². The molecule has 0 radical (unpaired) electrons. The summed E-state index contributed by atoms with van der Waals surface area (Å²) >= 11 is 0. The second-order valence-electron chi connectivity index (χ2n) is 6.40. The van der Waals surface area contributed by atoms with Gasteiger partial charge in [-0.3, -0.25) is 4.99 Å². The minimum atomic E-state index is 0.0130. The lowest BCUT2D eigenvalue weighted by molar-refractivity contribution is 0.238. The Kier molecular flexibility index (Phi) is 3.79. The summed E-state index contributed by atoms with van der Waals surface area (Å²) in [5.41, 5.74) is 7.34. The number of hydrogen-bond donors (Lipinski definition) is 1. The third-order valence-electron chi connectivity index (χ3n) is 5.12. The van der Waals surface area contributed by atoms with Crippen molar-refractivity contribution in [3.8, 4) is 5.75 Å². The van der Waals surface area contributed by atoms with Gasteiger partial charge in [0, 0.05) is 5.69 Å². The molecular formula is C17H25N3O. The van der Waals surface area contributed by atoms with E-state index in [2.05, 4.69) is 28.9 Å². The summed E-state index contributed by atoms with van der Waals surface area (Å²) < 4.78 is 5.25. The van der Waals surface area contributed by atoms with Gasteiger partial charge >= 0.3 is 0 Å². The van der Waals surface area contributed by atoms with Crippen molar-refractivity contribution in [3.63, 3.8) is 0 Å². The second-order valence-corrected chi connectivity index (χ2v) is 6.40. The Hall–Kier alpha value is -1.71. The van der Waals surface area contributed by atoms with Crippen LogP contribution in [0.2, 0.25) is 0 Å². The van der Waals surface area contributed by atoms with Crippen molar-refractivity contribution >= 4 is 11.6 Å². The molecule has 1 aliphatic heterocycles. The quantitative estimate of drug-likeness (QED) is 0.929. The minimum absolute atomic E-state index is 0.0130. The van der Waals surface area contributed by atoms with Gasteiger partial charge in [0.1, 0.15) is 5.75 Å². The molecule has 3 rings (SSSR count). The van der Waals surface area contributed by atoms with E-state index in [0.717, 1.165) is 18.0 Å². The van der Waals surface area contributed by atoms with E-state index in [0.29, 0.717) is 11.9 Å². The summed E-state index contributed by atoms with van der Waals surface area (Å²) in [7, 11) is 1.69. The number of nitrogens with zero attached hydrogens (tertiary/aromatic N) is 2. The lowest BCUT2D eigenvalue weighted by Gasteiger charge is -2.44. The number of rotatable bonds is 3. The Bertz CT molecular complexity index is 519. The molecule has 0 bridgehead atoms. The highest BCUT2D eigenvalue weighted by molar-refractivity contribution is 5.98. The number of aliphatic imine (C=N–C) groups is 1. The number of ether oxygens (including phenoxy) is 1. The molecule has 1 heterocycles. The zero-order chi connectivity index (χ0) is 14.9. The van der Waals surface area contributed by atoms with Crippen LogP contribution in [0.1, 0.15) is 39.0 Å². The van der Waals surface area contributed by atoms with E-state index in [1.54, 1.807) is 7.11 Å². The Labute approximate surface area is 127 Å². The molecule has 114 valence electrons. The Morgan fingerprint density at radius 1 is 1.19 bits per heavy atom. The number of benzene rings is 1. The molecule has 1 aromatic carbocycles. The molecule has 1 atom stereocenters. The molecule has 0 saturated heterocycles. The standard InChI is InChI=1S/C17H25N3O/c1-17(13-6-4-3-5-7-13)12-19-16(18)20(17)14-8-10-15(21-2)11-9-14/h8-11,13H,3-7,12H2,1-2H3,(H2,18,19). The van der Waals surface area contributed by atoms with E-state index in [-0.39, 0.29) is 5.54 Å². The Morgan fingerprint density at radius 3 is 2.48 bits per heavy atom. The van der Waals surface area contributed by atoms with Crippen molar-refractivity contribution in [1.29, 1.82) is 0 Å². The van der Waals surface area contributed by atoms with Gasteiger partial charge in [-0.15, -0.1) is 0 Å². The Morgan fingerprint density at radius 2 is 1.86 bits per heavy atom. The van der Waals surface area contributed by atoms with E-state index < -0.39 is 0 Å². The highest BCUT2D eigenvalue weighted by Gasteiger charge is 2.45. The molecule has 0 amide bonds. The first-order valence-corrected chi connectivity index (χ1v) is 7.89. The molecule has 1 fully saturated rings. The monoisotopic (exact) mass is 287 g/mol. The molecular weight excluding hydrogens is 262 g/mol. The van der Waals surface area contributed by atoms with Crippen LogP contribution in [0.15, 0.2) is 29.3 Å². The maximum absolute atomic E-state index is 6.21. The first-order chi connectivity index (χ1) is 10.1. The van der Waals surface area contributed by atoms with Crippen LogP contribution >= 0.6 is 0 Å². The number of anilines is 1. The van der Waals surface area contributed by atoms with Crippen LogP contribution < -0.4 is 15.4 Å². The maximum atomic E-state index is 6.21. The van der Waals surface area contributed by atoms with Crippen LogP contribution in [0.25, 0.3) is 0 Å². The summed E-state index contributed by atoms with van der Waals surface area (Å²) in [6.07, 6.45) is 6.59. The smallest absolute Gasteiger partial charge is 0.196 e. The molecule has 21 heavy (non-hydrogen) atoms. The fourth-order valence-electron chi connectivity index (χ4n) is 3.84. The Balaban J connectivity index is 1.90. The predicted octanol–water partition coefficient (Wildman–Crippen LogP) is 3.17. The molecule has 2 aliphatic rings. The van der Waals surface area contributed by atoms with Gasteiger partial charge in [-0.1, -0.05) is 19.3 Å². The summed E-state index contributed by atoms with van der Waals surface area (Å²) in [4.78, 5) is 6.79. The topological polar surface area (TPSA) is 50.9 Å². The fourth-order valence-corrected chi connectivity index (χ4v) is 3.84. The zero-order valence-electron chi connectivity index (χ0n) is 13.0. The van der Waals surface area contributed by atoms with Crippen LogP contribution in [0.3, 0.4) is 0 Å². The van der Waals surface area contributed by atoms with Crippen LogP contribution in [0.5, 0.6) is 5.75 Å². The summed E-state index contributed by atoms with van der Waals surface area (Å²) in [5.74, 6) is 2.18. The SMILES string of the molecule is COc1ccc(N2C(N)=NCC2(C)C2CCCCC2)cc1. The normalized spacial score (nSPS) is 26.8. The highest BCUT2D eigenvalue weighted by atomic mass is 16.5. The van der Waals surface area contributed by atoms with Crippen molar-refractivity contribution in [3.05, 3.63) is 24.3 Å². The number of methoxy groups -OCH3 is 1. The van der Waals surface area contributed by atoms with Gasteiger partial charge in [0.05, 0.1) is 19.2 Å². The molecule has 2 N–H and O–H groups in total. The zero-order valence-corrected chi connectivity index (χ0v) is 13.0. The van der Waals surface area contributed by atoms with Crippen molar-refractivity contribution in [2.24, 2.45) is 16.6 Å². The average Bonchev–Trinajstić information content (AvgIpc) is 2.85. The number of guanidine groups is 1. The first-order valence-electron chi connectivity index (χ1n) is 7.89. The molecule has 1 aromatic rings. The van der Waals surface area contributed by atoms with Crippen molar-refractivity contribution in [2.75, 3.05) is 18.6 Å². The van der Waals surface area contributed by atoms with E-state index >= 15 is 0 Å². The van der Waals surface area contributed by atoms with Crippen molar-refractivity contribution in [1.82, 2.24) is 0 Å². The van der Waals surface area contributed by atoms with E-state index in [1.807, 2.05) is 12.1 Å². The third kappa shape index (κ3) is 2.47. The minimum Gasteiger partial charge on any atom is -0.497 e. The third-order valence-corrected chi connectivity index (χ3v) is 5.12. The van der Waals surface area contributed by atoms with Gasteiger partial charge < -0.3 is 15.4 Å². The molecule has 4 nitrogen and oxygen atoms in total. The molecule has 0 aromatic heterocycles. The van der Waals surface area contributed by atoms with Crippen LogP contribution in [0.4, 0.5) is 5.69 Å². The molecule has 0 spiro atoms. The largest absolute Gasteiger partial charge is 0.497 e. The van der Waals surface area contributed by atoms with E-state index in [4.69, 9.17) is 10.5 Å². The molecule has 1 aliphatic carbocycles. The molecule has 1 saturated carbocycles. The van der Waals surface area contributed by atoms with Gasteiger partial charge in [0.15, 0.2) is 5.96 Å². The highest BCUT2D eigenvalue weighted by Crippen LogP contribution is 2.41. The van der Waals surface area contributed by atoms with Gasteiger partial charge in [-0.25, -0.2) is 0 Å². The number of hydrogen-bond acceptors (Lipinski definition) is 4. The first kappa shape index (κ1) is 14.2. The molecule has 4 heteroatoms. The lowest BCUT2D eigenvalue weighted by atomic mass is 9.75. The van der Waals surface area contributed by atoms with Crippen LogP contribution in [0, 0.1) is 5.92 Å². The van der Waals surface area contributed by atoms with Gasteiger partial charge in [-0.05, 0) is 49.9 Å². The van der Waals surface area contributed by atoms with E-state index in [9.17, 15) is 0 Å². The van der Waals surface area contributed by atoms with Crippen molar-refractivity contribution in [2.45, 2.75) is 44.6 Å². The number of nitrogens with two attached hydrogens (primary N) is 1. The summed E-state index contributed by atoms with van der Waals surface area (Å²) in [6.45, 7) is 3.12. The van der Waals surface area contributed by atoms with Crippen LogP contribution in [-0.4, -0.2) is 25.2 Å². The van der Waals surface area contributed by atoms with Gasteiger partial charge in [-0.2, -0.15) is 0 Å². The summed E-state index contributed by atoms with van der Waals surface area (Å²) in [5, 5.41) is 0. The molecule has 1 unspecified atom stereocenters.